The van der Waals surface area contributed by atoms with Crippen molar-refractivity contribution in [3.8, 4) is 0 Å². The number of likely N-dealkylation sites (N-methyl/N-ethyl adjacent to an activating group) is 1. The third kappa shape index (κ3) is 4.92. The van der Waals surface area contributed by atoms with Crippen LogP contribution >= 0.6 is 11.3 Å². The molecule has 0 radical (unpaired) electrons. The molecule has 2 aromatic rings. The predicted octanol–water partition coefficient (Wildman–Crippen LogP) is 3.71. The smallest absolute Gasteiger partial charge is 0.123 e. The molecule has 0 fully saturated rings. The zero-order valence-corrected chi connectivity index (χ0v) is 13.7. The molecule has 4 heteroatoms. The van der Waals surface area contributed by atoms with E-state index in [-0.39, 0.29) is 5.82 Å². The van der Waals surface area contributed by atoms with Gasteiger partial charge in [-0.3, -0.25) is 0 Å². The summed E-state index contributed by atoms with van der Waals surface area (Å²) in [6.45, 7) is 3.04. The summed E-state index contributed by atoms with van der Waals surface area (Å²) in [6.07, 6.45) is 0.836. The van der Waals surface area contributed by atoms with Crippen molar-refractivity contribution in [3.63, 3.8) is 0 Å². The molecule has 0 saturated heterocycles. The Morgan fingerprint density at radius 3 is 2.67 bits per heavy atom. The highest BCUT2D eigenvalue weighted by Crippen LogP contribution is 2.22. The van der Waals surface area contributed by atoms with E-state index >= 15 is 0 Å². The molecule has 21 heavy (non-hydrogen) atoms. The lowest BCUT2D eigenvalue weighted by Gasteiger charge is -2.25. The molecule has 2 atom stereocenters. The second-order valence-corrected chi connectivity index (χ2v) is 6.62. The van der Waals surface area contributed by atoms with Gasteiger partial charge in [-0.1, -0.05) is 18.2 Å². The van der Waals surface area contributed by atoms with Crippen LogP contribution in [0.4, 0.5) is 4.39 Å². The van der Waals surface area contributed by atoms with Crippen molar-refractivity contribution >= 4 is 11.3 Å². The molecule has 0 spiro atoms. The fraction of sp³-hybridized carbons (Fsp3) is 0.412. The normalized spacial score (nSPS) is 14.3. The van der Waals surface area contributed by atoms with E-state index in [1.54, 1.807) is 23.5 Å². The lowest BCUT2D eigenvalue weighted by molar-refractivity contribution is 0.285. The number of thiophene rings is 1. The van der Waals surface area contributed by atoms with Crippen LogP contribution in [-0.2, 0) is 6.42 Å². The third-order valence-electron chi connectivity index (χ3n) is 3.59. The zero-order chi connectivity index (χ0) is 15.2. The number of halogens is 1. The highest BCUT2D eigenvalue weighted by molar-refractivity contribution is 7.10. The van der Waals surface area contributed by atoms with E-state index in [0.29, 0.717) is 12.1 Å². The number of nitrogens with zero attached hydrogens (tertiary/aromatic N) is 1. The van der Waals surface area contributed by atoms with Crippen LogP contribution in [-0.4, -0.2) is 31.6 Å². The van der Waals surface area contributed by atoms with Crippen LogP contribution in [0, 0.1) is 5.82 Å². The van der Waals surface area contributed by atoms with E-state index in [4.69, 9.17) is 0 Å². The monoisotopic (exact) mass is 306 g/mol. The average Bonchev–Trinajstić information content (AvgIpc) is 2.92. The fourth-order valence-corrected chi connectivity index (χ4v) is 3.34. The van der Waals surface area contributed by atoms with E-state index in [9.17, 15) is 4.39 Å². The first kappa shape index (κ1) is 16.1. The molecule has 2 unspecified atom stereocenters. The van der Waals surface area contributed by atoms with E-state index in [1.165, 1.54) is 10.9 Å². The standard InChI is InChI=1S/C17H23FN2S/c1-13(10-14-6-4-7-15(18)11-14)19-12-16(20(2)3)17-8-5-9-21-17/h4-9,11,13,16,19H,10,12H2,1-3H3. The molecule has 114 valence electrons. The molecule has 1 aromatic carbocycles. The van der Waals surface area contributed by atoms with Gasteiger partial charge in [0.15, 0.2) is 0 Å². The van der Waals surface area contributed by atoms with E-state index in [0.717, 1.165) is 18.5 Å². The van der Waals surface area contributed by atoms with Gasteiger partial charge >= 0.3 is 0 Å². The minimum atomic E-state index is -0.163. The predicted molar refractivity (Wildman–Crippen MR) is 88.3 cm³/mol. The van der Waals surface area contributed by atoms with Gasteiger partial charge in [-0.05, 0) is 56.6 Å². The van der Waals surface area contributed by atoms with Crippen LogP contribution < -0.4 is 5.32 Å². The summed E-state index contributed by atoms with van der Waals surface area (Å²) in [5.41, 5.74) is 1.03. The van der Waals surface area contributed by atoms with Crippen molar-refractivity contribution in [2.45, 2.75) is 25.4 Å². The maximum atomic E-state index is 13.2. The maximum absolute atomic E-state index is 13.2. The van der Waals surface area contributed by atoms with Crippen LogP contribution in [0.5, 0.6) is 0 Å². The largest absolute Gasteiger partial charge is 0.312 e. The average molecular weight is 306 g/mol. The molecule has 0 aliphatic carbocycles. The van der Waals surface area contributed by atoms with Gasteiger partial charge in [0.25, 0.3) is 0 Å². The minimum Gasteiger partial charge on any atom is -0.312 e. The number of hydrogen-bond acceptors (Lipinski definition) is 3. The number of nitrogens with one attached hydrogen (secondary N) is 1. The first-order valence-corrected chi connectivity index (χ1v) is 8.12. The maximum Gasteiger partial charge on any atom is 0.123 e. The molecule has 0 bridgehead atoms. The zero-order valence-electron chi connectivity index (χ0n) is 12.8. The van der Waals surface area contributed by atoms with E-state index in [1.807, 2.05) is 6.07 Å². The molecule has 2 rings (SSSR count). The van der Waals surface area contributed by atoms with Gasteiger partial charge in [-0.25, -0.2) is 4.39 Å². The highest BCUT2D eigenvalue weighted by atomic mass is 32.1. The molecule has 1 N–H and O–H groups in total. The second-order valence-electron chi connectivity index (χ2n) is 5.64. The first-order chi connectivity index (χ1) is 10.1. The van der Waals surface area contributed by atoms with Crippen molar-refractivity contribution in [3.05, 3.63) is 58.0 Å². The highest BCUT2D eigenvalue weighted by Gasteiger charge is 2.16. The summed E-state index contributed by atoms with van der Waals surface area (Å²) in [5.74, 6) is -0.163. The number of benzene rings is 1. The molecule has 1 heterocycles. The Kier molecular flexibility index (Phi) is 5.91. The Balaban J connectivity index is 1.89. The van der Waals surface area contributed by atoms with Crippen molar-refractivity contribution in [1.29, 1.82) is 0 Å². The van der Waals surface area contributed by atoms with Gasteiger partial charge in [0.05, 0.1) is 6.04 Å². The Hall–Kier alpha value is -1.23. The van der Waals surface area contributed by atoms with Crippen molar-refractivity contribution < 1.29 is 4.39 Å². The van der Waals surface area contributed by atoms with Gasteiger partial charge in [-0.15, -0.1) is 11.3 Å². The Bertz CT molecular complexity index is 539. The quantitative estimate of drug-likeness (QED) is 0.839. The Labute approximate surface area is 130 Å². The fourth-order valence-electron chi connectivity index (χ4n) is 2.42. The molecular weight excluding hydrogens is 283 g/mol. The topological polar surface area (TPSA) is 15.3 Å². The second kappa shape index (κ2) is 7.69. The van der Waals surface area contributed by atoms with Gasteiger partial charge < -0.3 is 10.2 Å². The Morgan fingerprint density at radius 2 is 2.05 bits per heavy atom. The van der Waals surface area contributed by atoms with Crippen molar-refractivity contribution in [2.24, 2.45) is 0 Å². The third-order valence-corrected chi connectivity index (χ3v) is 4.56. The first-order valence-electron chi connectivity index (χ1n) is 7.24. The minimum absolute atomic E-state index is 0.163. The lowest BCUT2D eigenvalue weighted by atomic mass is 10.1. The summed E-state index contributed by atoms with van der Waals surface area (Å²) in [5, 5.41) is 5.68. The number of hydrogen-bond donors (Lipinski definition) is 1. The molecular formula is C17H23FN2S. The lowest BCUT2D eigenvalue weighted by Crippen LogP contribution is -2.36. The van der Waals surface area contributed by atoms with E-state index < -0.39 is 0 Å². The summed E-state index contributed by atoms with van der Waals surface area (Å²) in [7, 11) is 4.20. The molecule has 0 amide bonds. The Morgan fingerprint density at radius 1 is 1.24 bits per heavy atom. The molecule has 0 aliphatic heterocycles. The van der Waals surface area contributed by atoms with Crippen molar-refractivity contribution in [1.82, 2.24) is 10.2 Å². The van der Waals surface area contributed by atoms with Crippen LogP contribution in [0.15, 0.2) is 41.8 Å². The van der Waals surface area contributed by atoms with Crippen LogP contribution in [0.3, 0.4) is 0 Å². The van der Waals surface area contributed by atoms with E-state index in [2.05, 4.69) is 48.7 Å². The molecule has 0 aliphatic rings. The van der Waals surface area contributed by atoms with Gasteiger partial charge in [0.1, 0.15) is 5.82 Å². The SMILES string of the molecule is CC(Cc1cccc(F)c1)NCC(c1cccs1)N(C)C. The van der Waals surface area contributed by atoms with Gasteiger partial charge in [0, 0.05) is 17.5 Å². The van der Waals surface area contributed by atoms with Crippen LogP contribution in [0.1, 0.15) is 23.4 Å². The summed E-state index contributed by atoms with van der Waals surface area (Å²) in [6, 6.07) is 11.8. The number of rotatable bonds is 7. The van der Waals surface area contributed by atoms with Gasteiger partial charge in [-0.2, -0.15) is 0 Å². The molecule has 2 nitrogen and oxygen atoms in total. The summed E-state index contributed by atoms with van der Waals surface area (Å²) in [4.78, 5) is 3.60. The van der Waals surface area contributed by atoms with Gasteiger partial charge in [0.2, 0.25) is 0 Å². The van der Waals surface area contributed by atoms with Crippen molar-refractivity contribution in [2.75, 3.05) is 20.6 Å². The summed E-state index contributed by atoms with van der Waals surface area (Å²) < 4.78 is 13.2. The van der Waals surface area contributed by atoms with Crippen LogP contribution in [0.2, 0.25) is 0 Å². The molecule has 1 aromatic heterocycles. The van der Waals surface area contributed by atoms with Crippen LogP contribution in [0.25, 0.3) is 0 Å². The summed E-state index contributed by atoms with van der Waals surface area (Å²) >= 11 is 1.79. The molecule has 0 saturated carbocycles.